The molecule has 1 aromatic heterocycles. The zero-order chi connectivity index (χ0) is 22.9. The maximum absolute atomic E-state index is 12.7. The topological polar surface area (TPSA) is 97.5 Å². The van der Waals surface area contributed by atoms with E-state index in [1.807, 2.05) is 60.7 Å². The van der Waals surface area contributed by atoms with E-state index in [0.717, 1.165) is 16.8 Å². The lowest BCUT2D eigenvalue weighted by atomic mass is 10.0. The van der Waals surface area contributed by atoms with E-state index in [4.69, 9.17) is 4.74 Å². The van der Waals surface area contributed by atoms with Gasteiger partial charge in [-0.1, -0.05) is 65.9 Å². The zero-order valence-electron chi connectivity index (χ0n) is 18.3. The van der Waals surface area contributed by atoms with E-state index in [1.54, 1.807) is 25.5 Å². The van der Waals surface area contributed by atoms with Gasteiger partial charge in [0.1, 0.15) is 17.3 Å². The third-order valence-electron chi connectivity index (χ3n) is 5.33. The predicted octanol–water partition coefficient (Wildman–Crippen LogP) is 4.25. The third kappa shape index (κ3) is 4.34. The second-order valence-electron chi connectivity index (χ2n) is 8.84. The Bertz CT molecular complexity index is 1110. The Morgan fingerprint density at radius 2 is 1.59 bits per heavy atom. The number of hydrogen-bond donors (Lipinski definition) is 1. The number of carbonyl (C=O) groups is 2. The van der Waals surface area contributed by atoms with Crippen molar-refractivity contribution in [2.24, 2.45) is 0 Å². The molecule has 0 spiro atoms. The van der Waals surface area contributed by atoms with Gasteiger partial charge in [-0.25, -0.2) is 14.3 Å². The average molecular weight is 434 g/mol. The molecule has 4 rings (SSSR count). The van der Waals surface area contributed by atoms with Gasteiger partial charge >= 0.3 is 12.1 Å². The molecular formula is C24H26N4O4. The maximum atomic E-state index is 12.7. The number of aliphatic carboxylic acids is 1. The van der Waals surface area contributed by atoms with Gasteiger partial charge in [-0.3, -0.25) is 4.90 Å². The highest BCUT2D eigenvalue weighted by atomic mass is 16.6. The van der Waals surface area contributed by atoms with Crippen LogP contribution in [0.5, 0.6) is 0 Å². The number of carboxylic acid groups (broad SMARTS) is 1. The molecule has 1 aliphatic heterocycles. The summed E-state index contributed by atoms with van der Waals surface area (Å²) in [6.45, 7) is 5.44. The second-order valence-corrected chi connectivity index (χ2v) is 8.84. The first kappa shape index (κ1) is 21.5. The molecule has 2 atom stereocenters. The van der Waals surface area contributed by atoms with Crippen LogP contribution in [0.3, 0.4) is 0 Å². The lowest BCUT2D eigenvalue weighted by molar-refractivity contribution is -0.142. The summed E-state index contributed by atoms with van der Waals surface area (Å²) in [6, 6.07) is 18.1. The van der Waals surface area contributed by atoms with Crippen LogP contribution in [0, 0.1) is 0 Å². The summed E-state index contributed by atoms with van der Waals surface area (Å²) in [6.07, 6.45) is -0.427. The molecule has 1 saturated heterocycles. The summed E-state index contributed by atoms with van der Waals surface area (Å²) >= 11 is 0. The SMILES string of the molecule is CC(C)(C)OC(=O)N1C[C@H](n2nnc(-c3ccccc3)c2-c2ccccc2)C[C@H]1C(=O)O. The van der Waals surface area contributed by atoms with Gasteiger partial charge in [0.25, 0.3) is 0 Å². The van der Waals surface area contributed by atoms with Crippen molar-refractivity contribution in [2.75, 3.05) is 6.54 Å². The average Bonchev–Trinajstić information content (AvgIpc) is 3.39. The van der Waals surface area contributed by atoms with Crippen molar-refractivity contribution in [3.63, 3.8) is 0 Å². The molecule has 32 heavy (non-hydrogen) atoms. The Hall–Kier alpha value is -3.68. The summed E-state index contributed by atoms with van der Waals surface area (Å²) in [7, 11) is 0. The Kier molecular flexibility index (Phi) is 5.69. The largest absolute Gasteiger partial charge is 0.480 e. The molecule has 0 unspecified atom stereocenters. The number of amides is 1. The molecule has 0 bridgehead atoms. The third-order valence-corrected chi connectivity index (χ3v) is 5.33. The molecule has 2 heterocycles. The van der Waals surface area contributed by atoms with Crippen LogP contribution in [-0.4, -0.2) is 55.3 Å². The maximum Gasteiger partial charge on any atom is 0.411 e. The van der Waals surface area contributed by atoms with Crippen LogP contribution in [-0.2, 0) is 9.53 Å². The smallest absolute Gasteiger partial charge is 0.411 e. The highest BCUT2D eigenvalue weighted by Crippen LogP contribution is 2.36. The molecule has 0 saturated carbocycles. The Morgan fingerprint density at radius 3 is 2.16 bits per heavy atom. The number of carbonyl (C=O) groups excluding carboxylic acids is 1. The number of aromatic nitrogens is 3. The second kappa shape index (κ2) is 8.45. The number of nitrogens with zero attached hydrogens (tertiary/aromatic N) is 4. The summed E-state index contributed by atoms with van der Waals surface area (Å²) in [5.74, 6) is -1.07. The fraction of sp³-hybridized carbons (Fsp3) is 0.333. The molecule has 166 valence electrons. The molecule has 8 nitrogen and oxygen atoms in total. The fourth-order valence-electron chi connectivity index (χ4n) is 3.95. The molecule has 3 aromatic rings. The minimum absolute atomic E-state index is 0.170. The van der Waals surface area contributed by atoms with Gasteiger partial charge < -0.3 is 9.84 Å². The van der Waals surface area contributed by atoms with E-state index in [-0.39, 0.29) is 19.0 Å². The van der Waals surface area contributed by atoms with Crippen LogP contribution in [0.4, 0.5) is 4.79 Å². The first-order chi connectivity index (χ1) is 15.2. The number of likely N-dealkylation sites (tertiary alicyclic amines) is 1. The molecular weight excluding hydrogens is 408 g/mol. The molecule has 8 heteroatoms. The first-order valence-electron chi connectivity index (χ1n) is 10.5. The molecule has 1 amide bonds. The van der Waals surface area contributed by atoms with Crippen LogP contribution >= 0.6 is 0 Å². The number of ether oxygens (including phenoxy) is 1. The van der Waals surface area contributed by atoms with E-state index in [1.165, 1.54) is 4.90 Å². The number of benzene rings is 2. The van der Waals surface area contributed by atoms with Gasteiger partial charge in [-0.2, -0.15) is 0 Å². The lowest BCUT2D eigenvalue weighted by Gasteiger charge is -2.26. The summed E-state index contributed by atoms with van der Waals surface area (Å²) < 4.78 is 7.20. The minimum atomic E-state index is -1.07. The highest BCUT2D eigenvalue weighted by molar-refractivity contribution is 5.81. The lowest BCUT2D eigenvalue weighted by Crippen LogP contribution is -2.43. The number of carboxylic acids is 1. The van der Waals surface area contributed by atoms with Crippen LogP contribution in [0.15, 0.2) is 60.7 Å². The van der Waals surface area contributed by atoms with Crippen molar-refractivity contribution < 1.29 is 19.4 Å². The van der Waals surface area contributed by atoms with Gasteiger partial charge in [0, 0.05) is 24.1 Å². The van der Waals surface area contributed by atoms with Crippen molar-refractivity contribution in [2.45, 2.75) is 44.9 Å². The number of hydrogen-bond acceptors (Lipinski definition) is 5. The normalized spacial score (nSPS) is 18.5. The van der Waals surface area contributed by atoms with E-state index in [0.29, 0.717) is 5.69 Å². The van der Waals surface area contributed by atoms with E-state index in [9.17, 15) is 14.7 Å². The van der Waals surface area contributed by atoms with Gasteiger partial charge in [-0.15, -0.1) is 5.10 Å². The Balaban J connectivity index is 1.74. The van der Waals surface area contributed by atoms with Crippen LogP contribution in [0.25, 0.3) is 22.5 Å². The van der Waals surface area contributed by atoms with Crippen molar-refractivity contribution in [3.05, 3.63) is 60.7 Å². The fourth-order valence-corrected chi connectivity index (χ4v) is 3.95. The molecule has 1 aliphatic rings. The summed E-state index contributed by atoms with van der Waals surface area (Å²) in [5, 5.41) is 18.6. The zero-order valence-corrected chi connectivity index (χ0v) is 18.3. The van der Waals surface area contributed by atoms with Gasteiger partial charge in [0.05, 0.1) is 11.7 Å². The molecule has 0 aliphatic carbocycles. The standard InChI is InChI=1S/C24H26N4O4/c1-24(2,3)32-23(31)27-15-18(14-19(27)22(29)30)28-21(17-12-8-5-9-13-17)20(25-26-28)16-10-6-4-7-11-16/h4-13,18-19H,14-15H2,1-3H3,(H,29,30)/t18-,19+/m1/s1. The van der Waals surface area contributed by atoms with Gasteiger partial charge in [0.2, 0.25) is 0 Å². The Labute approximate surface area is 186 Å². The van der Waals surface area contributed by atoms with Crippen molar-refractivity contribution >= 4 is 12.1 Å². The summed E-state index contributed by atoms with van der Waals surface area (Å²) in [5.41, 5.74) is 2.60. The van der Waals surface area contributed by atoms with Gasteiger partial charge in [-0.05, 0) is 20.8 Å². The summed E-state index contributed by atoms with van der Waals surface area (Å²) in [4.78, 5) is 25.9. The van der Waals surface area contributed by atoms with E-state index >= 15 is 0 Å². The van der Waals surface area contributed by atoms with E-state index < -0.39 is 23.7 Å². The molecule has 1 fully saturated rings. The van der Waals surface area contributed by atoms with Crippen LogP contribution in [0.2, 0.25) is 0 Å². The molecule has 2 aromatic carbocycles. The van der Waals surface area contributed by atoms with E-state index in [2.05, 4.69) is 10.3 Å². The highest BCUT2D eigenvalue weighted by Gasteiger charge is 2.43. The monoisotopic (exact) mass is 434 g/mol. The van der Waals surface area contributed by atoms with Crippen molar-refractivity contribution in [1.82, 2.24) is 19.9 Å². The number of rotatable bonds is 4. The molecule has 1 N–H and O–H groups in total. The van der Waals surface area contributed by atoms with Gasteiger partial charge in [0.15, 0.2) is 0 Å². The first-order valence-corrected chi connectivity index (χ1v) is 10.5. The predicted molar refractivity (Wildman–Crippen MR) is 119 cm³/mol. The van der Waals surface area contributed by atoms with Crippen molar-refractivity contribution in [3.8, 4) is 22.5 Å². The van der Waals surface area contributed by atoms with Crippen molar-refractivity contribution in [1.29, 1.82) is 0 Å². The van der Waals surface area contributed by atoms with Crippen LogP contribution < -0.4 is 0 Å². The Morgan fingerprint density at radius 1 is 1.00 bits per heavy atom. The molecule has 0 radical (unpaired) electrons. The minimum Gasteiger partial charge on any atom is -0.480 e. The van der Waals surface area contributed by atoms with Crippen LogP contribution in [0.1, 0.15) is 33.2 Å². The quantitative estimate of drug-likeness (QED) is 0.659.